The maximum Gasteiger partial charge on any atom is 0.0642 e. The molecule has 0 aliphatic carbocycles. The second-order valence-corrected chi connectivity index (χ2v) is 5.15. The van der Waals surface area contributed by atoms with E-state index in [-0.39, 0.29) is 65.4 Å². The van der Waals surface area contributed by atoms with Crippen LogP contribution >= 0.6 is 0 Å². The molecule has 0 amide bonds. The minimum Gasteiger partial charge on any atom is -0.317 e. The number of para-hydroxylation sites is 1. The van der Waals surface area contributed by atoms with Crippen LogP contribution in [0.25, 0.3) is 22.1 Å². The van der Waals surface area contributed by atoms with Gasteiger partial charge in [-0.1, -0.05) is 26.0 Å². The van der Waals surface area contributed by atoms with Crippen molar-refractivity contribution in [3.8, 4) is 0 Å². The van der Waals surface area contributed by atoms with E-state index >= 15 is 0 Å². The van der Waals surface area contributed by atoms with Crippen LogP contribution in [0.1, 0.15) is 25.0 Å². The molecule has 4 aromatic rings. The van der Waals surface area contributed by atoms with Gasteiger partial charge in [0.1, 0.15) is 0 Å². The van der Waals surface area contributed by atoms with E-state index in [1.165, 1.54) is 5.56 Å². The zero-order valence-corrected chi connectivity index (χ0v) is 20.5. The Morgan fingerprint density at radius 1 is 0.654 bits per heavy atom. The molecule has 0 bridgehead atoms. The summed E-state index contributed by atoms with van der Waals surface area (Å²) in [7, 11) is 0. The van der Waals surface area contributed by atoms with Crippen molar-refractivity contribution in [2.75, 3.05) is 0 Å². The molecule has 0 aliphatic heterocycles. The van der Waals surface area contributed by atoms with Gasteiger partial charge in [-0.2, -0.15) is 36.1 Å². The first-order chi connectivity index (χ1) is 11.8. The zero-order valence-electron chi connectivity index (χ0n) is 14.9. The third-order valence-electron chi connectivity index (χ3n) is 3.67. The molecule has 126 valence electrons. The molecule has 0 unspecified atom stereocenters. The average molecular weight is 492 g/mol. The fourth-order valence-corrected chi connectivity index (χ4v) is 2.41. The Kier molecular flexibility index (Phi) is 10.4. The molecule has 0 fully saturated rings. The number of rotatable bonds is 2. The van der Waals surface area contributed by atoms with Crippen LogP contribution in [-0.4, -0.2) is 19.9 Å². The Morgan fingerprint density at radius 2 is 1.31 bits per heavy atom. The Bertz CT molecular complexity index is 949. The standard InChI is InChI=1S/2C10H9N2.2Y/c1-2-8-3-4-9-10(7-8)12-6-5-11-9;1-2-8-4-3-5-9-10(8)12-7-6-11-9;;/h2*2-7H,1H3;;/q2*-1;;. The summed E-state index contributed by atoms with van der Waals surface area (Å²) in [6, 6.07) is 12.1. The third kappa shape index (κ3) is 5.78. The summed E-state index contributed by atoms with van der Waals surface area (Å²) in [4.78, 5) is 16.9. The summed E-state index contributed by atoms with van der Waals surface area (Å²) < 4.78 is 0. The monoisotopic (exact) mass is 492 g/mol. The van der Waals surface area contributed by atoms with Gasteiger partial charge in [-0.05, 0) is 5.52 Å². The van der Waals surface area contributed by atoms with E-state index in [9.17, 15) is 0 Å². The molecule has 2 heterocycles. The SMILES string of the molecule is C[CH-]c1ccc2nccnc2c1.C[CH-]c1cccc2nccnc12.[Y].[Y]. The van der Waals surface area contributed by atoms with Crippen molar-refractivity contribution in [1.29, 1.82) is 0 Å². The van der Waals surface area contributed by atoms with E-state index in [2.05, 4.69) is 19.9 Å². The van der Waals surface area contributed by atoms with Gasteiger partial charge in [-0.3, -0.25) is 15.0 Å². The van der Waals surface area contributed by atoms with Crippen molar-refractivity contribution in [3.63, 3.8) is 0 Å². The summed E-state index contributed by atoms with van der Waals surface area (Å²) in [6.07, 6.45) is 10.9. The Balaban J connectivity index is 0.000000241. The smallest absolute Gasteiger partial charge is 0.0642 e. The molecule has 0 saturated heterocycles. The topological polar surface area (TPSA) is 51.6 Å². The minimum absolute atomic E-state index is 0. The number of hydrogen-bond acceptors (Lipinski definition) is 4. The van der Waals surface area contributed by atoms with Gasteiger partial charge in [-0.25, -0.2) is 0 Å². The summed E-state index contributed by atoms with van der Waals surface area (Å²) in [6.45, 7) is 4.01. The number of benzene rings is 2. The molecule has 0 N–H and O–H groups in total. The van der Waals surface area contributed by atoms with E-state index < -0.39 is 0 Å². The molecular weight excluding hydrogens is 474 g/mol. The summed E-state index contributed by atoms with van der Waals surface area (Å²) in [5.74, 6) is 0. The first kappa shape index (κ1) is 23.1. The zero-order chi connectivity index (χ0) is 16.8. The maximum atomic E-state index is 4.26. The van der Waals surface area contributed by atoms with Gasteiger partial charge < -0.3 is 4.98 Å². The molecule has 2 radical (unpaired) electrons. The van der Waals surface area contributed by atoms with E-state index in [1.54, 1.807) is 24.8 Å². The first-order valence-electron chi connectivity index (χ1n) is 7.81. The Labute approximate surface area is 204 Å². The second-order valence-electron chi connectivity index (χ2n) is 5.15. The fourth-order valence-electron chi connectivity index (χ4n) is 2.41. The fraction of sp³-hybridized carbons (Fsp3) is 0.100. The molecule has 0 atom stereocenters. The van der Waals surface area contributed by atoms with Crippen LogP contribution in [0.3, 0.4) is 0 Å². The molecule has 0 aliphatic rings. The molecular formula is C20H18N4Y2-2. The molecule has 0 spiro atoms. The van der Waals surface area contributed by atoms with Crippen LogP contribution in [-0.2, 0) is 65.4 Å². The van der Waals surface area contributed by atoms with Crippen molar-refractivity contribution in [2.24, 2.45) is 0 Å². The molecule has 26 heavy (non-hydrogen) atoms. The predicted molar refractivity (Wildman–Crippen MR) is 97.2 cm³/mol. The van der Waals surface area contributed by atoms with Gasteiger partial charge in [-0.15, -0.1) is 12.1 Å². The molecule has 0 saturated carbocycles. The van der Waals surface area contributed by atoms with Crippen molar-refractivity contribution in [1.82, 2.24) is 19.9 Å². The Morgan fingerprint density at radius 3 is 2.00 bits per heavy atom. The quantitative estimate of drug-likeness (QED) is 0.390. The normalized spacial score (nSPS) is 9.31. The molecule has 2 aromatic carbocycles. The van der Waals surface area contributed by atoms with Crippen LogP contribution in [0, 0.1) is 12.8 Å². The average Bonchev–Trinajstić information content (AvgIpc) is 2.67. The predicted octanol–water partition coefficient (Wildman–Crippen LogP) is 4.40. The van der Waals surface area contributed by atoms with Crippen LogP contribution in [0.4, 0.5) is 0 Å². The molecule has 4 rings (SSSR count). The molecule has 2 aromatic heterocycles. The summed E-state index contributed by atoms with van der Waals surface area (Å²) >= 11 is 0. The van der Waals surface area contributed by atoms with Crippen molar-refractivity contribution in [3.05, 3.63) is 85.2 Å². The van der Waals surface area contributed by atoms with Crippen LogP contribution in [0.2, 0.25) is 0 Å². The largest absolute Gasteiger partial charge is 0.317 e. The second kappa shape index (κ2) is 11.7. The minimum atomic E-state index is 0. The molecule has 4 nitrogen and oxygen atoms in total. The van der Waals surface area contributed by atoms with E-state index in [0.717, 1.165) is 27.6 Å². The summed E-state index contributed by atoms with van der Waals surface area (Å²) in [5.41, 5.74) is 6.15. The maximum absolute atomic E-state index is 4.26. The van der Waals surface area contributed by atoms with Gasteiger partial charge in [0.15, 0.2) is 0 Å². The van der Waals surface area contributed by atoms with Crippen LogP contribution in [0.15, 0.2) is 61.2 Å². The third-order valence-corrected chi connectivity index (χ3v) is 3.67. The van der Waals surface area contributed by atoms with Crippen molar-refractivity contribution in [2.45, 2.75) is 13.8 Å². The van der Waals surface area contributed by atoms with Crippen molar-refractivity contribution < 1.29 is 65.4 Å². The number of fused-ring (bicyclic) bond motifs is 2. The van der Waals surface area contributed by atoms with E-state index in [1.807, 2.05) is 63.1 Å². The first-order valence-corrected chi connectivity index (χ1v) is 7.81. The van der Waals surface area contributed by atoms with E-state index in [0.29, 0.717) is 0 Å². The Hall–Kier alpha value is -0.932. The van der Waals surface area contributed by atoms with Crippen LogP contribution < -0.4 is 0 Å². The summed E-state index contributed by atoms with van der Waals surface area (Å²) in [5, 5.41) is 0. The van der Waals surface area contributed by atoms with Gasteiger partial charge in [0.2, 0.25) is 0 Å². The molecule has 6 heteroatoms. The van der Waals surface area contributed by atoms with Crippen molar-refractivity contribution >= 4 is 22.1 Å². The number of hydrogen-bond donors (Lipinski definition) is 0. The van der Waals surface area contributed by atoms with E-state index in [4.69, 9.17) is 0 Å². The van der Waals surface area contributed by atoms with Crippen LogP contribution in [0.5, 0.6) is 0 Å². The van der Waals surface area contributed by atoms with Gasteiger partial charge >= 0.3 is 0 Å². The number of aromatic nitrogens is 4. The van der Waals surface area contributed by atoms with Gasteiger partial charge in [0, 0.05) is 101 Å². The van der Waals surface area contributed by atoms with Gasteiger partial charge in [0.05, 0.1) is 5.52 Å². The number of nitrogens with zero attached hydrogens (tertiary/aromatic N) is 4. The van der Waals surface area contributed by atoms with Gasteiger partial charge in [0.25, 0.3) is 0 Å².